The molecule has 13 heteroatoms. The number of hydrogen-bond donors (Lipinski definition) is 6. The van der Waals surface area contributed by atoms with Gasteiger partial charge in [-0.05, 0) is 56.3 Å². The number of nitrogens with zero attached hydrogens (tertiary/aromatic N) is 3. The molecular formula is C23H32N8O4S. The number of fused-ring (bicyclic) bond motifs is 3. The molecule has 36 heavy (non-hydrogen) atoms. The van der Waals surface area contributed by atoms with Gasteiger partial charge in [0, 0.05) is 11.3 Å². The number of benzene rings is 1. The lowest BCUT2D eigenvalue weighted by atomic mass is 9.74. The summed E-state index contributed by atoms with van der Waals surface area (Å²) in [6.45, 7) is 1.90. The minimum atomic E-state index is -4.05. The first kappa shape index (κ1) is 23.8. The van der Waals surface area contributed by atoms with E-state index in [0.717, 1.165) is 38.0 Å². The molecule has 0 radical (unpaired) electrons. The van der Waals surface area contributed by atoms with E-state index in [1.807, 2.05) is 5.01 Å². The fraction of sp³-hybridized carbons (Fsp3) is 0.565. The van der Waals surface area contributed by atoms with Crippen molar-refractivity contribution >= 4 is 27.6 Å². The maximum Gasteiger partial charge on any atom is 0.333 e. The molecular weight excluding hydrogens is 484 g/mol. The molecule has 2 aliphatic heterocycles. The SMILES string of the molecule is NS(=O)(=O)OCC1CC(N2NNc3c(N[C@H]4CC5(CCNCC5)c5ccccc54)ncnc32)CC1O. The van der Waals surface area contributed by atoms with Crippen LogP contribution in [0.15, 0.2) is 30.6 Å². The number of aromatic nitrogens is 2. The smallest absolute Gasteiger partial charge is 0.333 e. The van der Waals surface area contributed by atoms with E-state index in [2.05, 4.69) is 55.8 Å². The van der Waals surface area contributed by atoms with Crippen LogP contribution in [0.5, 0.6) is 0 Å². The standard InChI is InChI=1S/C23H32N8O4S/c24-36(33,34)35-12-14-9-15(10-19(14)32)31-22-20(29-30-31)21(26-13-27-22)28-18-11-23(5-7-25-8-6-23)17-4-2-1-3-16(17)18/h1-4,13-15,18-19,25,29-30,32H,5-12H2,(H2,24,33,34)(H,26,27,28)/t14?,15?,18-,19?/m0/s1. The number of nitrogens with one attached hydrogen (secondary N) is 4. The molecule has 3 unspecified atom stereocenters. The van der Waals surface area contributed by atoms with Gasteiger partial charge in [-0.25, -0.2) is 15.1 Å². The highest BCUT2D eigenvalue weighted by Gasteiger charge is 2.45. The van der Waals surface area contributed by atoms with Gasteiger partial charge in [0.25, 0.3) is 0 Å². The highest BCUT2D eigenvalue weighted by Crippen LogP contribution is 2.51. The number of piperidine rings is 1. The van der Waals surface area contributed by atoms with Gasteiger partial charge in [-0.2, -0.15) is 8.42 Å². The summed E-state index contributed by atoms with van der Waals surface area (Å²) in [5, 5.41) is 24.5. The van der Waals surface area contributed by atoms with Crippen LogP contribution in [0.1, 0.15) is 49.3 Å². The molecule has 1 aromatic heterocycles. The first-order valence-corrected chi connectivity index (χ1v) is 13.9. The number of aliphatic hydroxyl groups excluding tert-OH is 1. The molecule has 1 spiro atoms. The van der Waals surface area contributed by atoms with Crippen LogP contribution in [0.2, 0.25) is 0 Å². The van der Waals surface area contributed by atoms with Gasteiger partial charge < -0.3 is 15.7 Å². The van der Waals surface area contributed by atoms with Crippen molar-refractivity contribution in [3.63, 3.8) is 0 Å². The lowest BCUT2D eigenvalue weighted by molar-refractivity contribution is 0.101. The Kier molecular flexibility index (Phi) is 6.01. The molecule has 194 valence electrons. The van der Waals surface area contributed by atoms with E-state index in [0.29, 0.717) is 24.5 Å². The van der Waals surface area contributed by atoms with Crippen molar-refractivity contribution in [2.24, 2.45) is 11.1 Å². The Morgan fingerprint density at radius 2 is 2.03 bits per heavy atom. The third-order valence-electron chi connectivity index (χ3n) is 8.17. The Morgan fingerprint density at radius 1 is 1.22 bits per heavy atom. The van der Waals surface area contributed by atoms with E-state index in [1.165, 1.54) is 17.5 Å². The van der Waals surface area contributed by atoms with Gasteiger partial charge in [-0.3, -0.25) is 14.6 Å². The van der Waals surface area contributed by atoms with Crippen molar-refractivity contribution in [3.8, 4) is 0 Å². The Labute approximate surface area is 210 Å². The van der Waals surface area contributed by atoms with Crippen LogP contribution in [0.3, 0.4) is 0 Å². The number of hydrazine groups is 2. The second-order valence-electron chi connectivity index (χ2n) is 10.3. The molecule has 3 heterocycles. The maximum absolute atomic E-state index is 11.2. The minimum absolute atomic E-state index is 0.115. The normalized spacial score (nSPS) is 28.7. The van der Waals surface area contributed by atoms with Crippen LogP contribution < -0.4 is 31.7 Å². The number of aliphatic hydroxyl groups is 1. The number of hydrogen-bond acceptors (Lipinski definition) is 11. The summed E-state index contributed by atoms with van der Waals surface area (Å²) in [5.41, 5.74) is 10.1. The largest absolute Gasteiger partial charge is 0.393 e. The van der Waals surface area contributed by atoms with Crippen LogP contribution in [-0.4, -0.2) is 55.3 Å². The predicted molar refractivity (Wildman–Crippen MR) is 134 cm³/mol. The fourth-order valence-corrected chi connectivity index (χ4v) is 6.79. The van der Waals surface area contributed by atoms with Crippen LogP contribution in [0, 0.1) is 5.92 Å². The average Bonchev–Trinajstić information content (AvgIpc) is 3.53. The van der Waals surface area contributed by atoms with Crippen molar-refractivity contribution in [2.75, 3.05) is 35.4 Å². The van der Waals surface area contributed by atoms with Gasteiger partial charge in [0.1, 0.15) is 12.0 Å². The summed E-state index contributed by atoms with van der Waals surface area (Å²) in [7, 11) is -4.05. The molecule has 4 atom stereocenters. The molecule has 0 amide bonds. The van der Waals surface area contributed by atoms with E-state index >= 15 is 0 Å². The first-order valence-electron chi connectivity index (χ1n) is 12.4. The van der Waals surface area contributed by atoms with Crippen molar-refractivity contribution in [3.05, 3.63) is 41.7 Å². The van der Waals surface area contributed by atoms with E-state index in [4.69, 9.17) is 9.32 Å². The molecule has 1 saturated heterocycles. The van der Waals surface area contributed by atoms with Crippen LogP contribution in [0.4, 0.5) is 17.3 Å². The van der Waals surface area contributed by atoms with Gasteiger partial charge in [0.05, 0.1) is 24.8 Å². The Bertz CT molecular complexity index is 1240. The van der Waals surface area contributed by atoms with Gasteiger partial charge in [-0.1, -0.05) is 24.3 Å². The zero-order valence-electron chi connectivity index (χ0n) is 19.9. The first-order chi connectivity index (χ1) is 17.3. The van der Waals surface area contributed by atoms with E-state index in [1.54, 1.807) is 0 Å². The summed E-state index contributed by atoms with van der Waals surface area (Å²) < 4.78 is 27.1. The Hall–Kier alpha value is -2.55. The average molecular weight is 517 g/mol. The van der Waals surface area contributed by atoms with Crippen molar-refractivity contribution < 1.29 is 17.7 Å². The van der Waals surface area contributed by atoms with E-state index < -0.39 is 16.4 Å². The van der Waals surface area contributed by atoms with Crippen molar-refractivity contribution in [1.29, 1.82) is 0 Å². The fourth-order valence-electron chi connectivity index (χ4n) is 6.43. The molecule has 2 aromatic rings. The second-order valence-corrected chi connectivity index (χ2v) is 11.5. The molecule has 6 rings (SSSR count). The third-order valence-corrected chi connectivity index (χ3v) is 8.64. The zero-order valence-corrected chi connectivity index (χ0v) is 20.7. The number of nitrogens with two attached hydrogens (primary N) is 1. The topological polar surface area (TPSA) is 167 Å². The number of anilines is 3. The van der Waals surface area contributed by atoms with Gasteiger partial charge in [0.15, 0.2) is 11.6 Å². The zero-order chi connectivity index (χ0) is 24.9. The van der Waals surface area contributed by atoms with Crippen LogP contribution >= 0.6 is 0 Å². The summed E-state index contributed by atoms with van der Waals surface area (Å²) >= 11 is 0. The van der Waals surface area contributed by atoms with E-state index in [9.17, 15) is 13.5 Å². The third kappa shape index (κ3) is 4.29. The summed E-state index contributed by atoms with van der Waals surface area (Å²) in [6.07, 6.45) is 5.05. The monoisotopic (exact) mass is 516 g/mol. The summed E-state index contributed by atoms with van der Waals surface area (Å²) in [4.78, 5) is 9.05. The van der Waals surface area contributed by atoms with Gasteiger partial charge >= 0.3 is 10.3 Å². The van der Waals surface area contributed by atoms with E-state index in [-0.39, 0.29) is 30.0 Å². The predicted octanol–water partition coefficient (Wildman–Crippen LogP) is 0.666. The molecule has 1 aromatic carbocycles. The summed E-state index contributed by atoms with van der Waals surface area (Å²) in [6, 6.07) is 8.75. The second kappa shape index (κ2) is 9.08. The quantitative estimate of drug-likeness (QED) is 0.319. The maximum atomic E-state index is 11.2. The molecule has 7 N–H and O–H groups in total. The molecule has 2 aliphatic carbocycles. The summed E-state index contributed by atoms with van der Waals surface area (Å²) in [5.74, 6) is 1.05. The van der Waals surface area contributed by atoms with Gasteiger partial charge in [0.2, 0.25) is 0 Å². The Balaban J connectivity index is 1.20. The lowest BCUT2D eigenvalue weighted by Gasteiger charge is -2.35. The highest BCUT2D eigenvalue weighted by atomic mass is 32.2. The van der Waals surface area contributed by atoms with Crippen LogP contribution in [0.25, 0.3) is 0 Å². The molecule has 2 fully saturated rings. The lowest BCUT2D eigenvalue weighted by Crippen LogP contribution is -2.43. The minimum Gasteiger partial charge on any atom is -0.393 e. The molecule has 0 bridgehead atoms. The molecule has 12 nitrogen and oxygen atoms in total. The highest BCUT2D eigenvalue weighted by molar-refractivity contribution is 7.84. The van der Waals surface area contributed by atoms with Gasteiger partial charge in [-0.15, -0.1) is 5.53 Å². The number of rotatable bonds is 6. The molecule has 4 aliphatic rings. The molecule has 1 saturated carbocycles. The van der Waals surface area contributed by atoms with Crippen LogP contribution in [-0.2, 0) is 19.9 Å². The van der Waals surface area contributed by atoms with Crippen molar-refractivity contribution in [1.82, 2.24) is 20.8 Å². The van der Waals surface area contributed by atoms with Crippen molar-refractivity contribution in [2.45, 2.75) is 55.7 Å². The Morgan fingerprint density at radius 3 is 2.83 bits per heavy atom.